The Kier molecular flexibility index (Phi) is 7.98. The van der Waals surface area contributed by atoms with Gasteiger partial charge in [-0.25, -0.2) is 4.79 Å². The van der Waals surface area contributed by atoms with Crippen molar-refractivity contribution in [3.05, 3.63) is 87.4 Å². The van der Waals surface area contributed by atoms with E-state index in [9.17, 15) is 9.59 Å². The second-order valence-corrected chi connectivity index (χ2v) is 7.43. The molecule has 0 aliphatic heterocycles. The number of esters is 1. The highest BCUT2D eigenvalue weighted by Gasteiger charge is 2.19. The predicted molar refractivity (Wildman–Crippen MR) is 121 cm³/mol. The molecule has 0 amide bonds. The van der Waals surface area contributed by atoms with E-state index in [2.05, 4.69) is 0 Å². The third-order valence-corrected chi connectivity index (χ3v) is 5.14. The van der Waals surface area contributed by atoms with Crippen molar-refractivity contribution >= 4 is 35.0 Å². The summed E-state index contributed by atoms with van der Waals surface area (Å²) in [6.07, 6.45) is 0. The minimum atomic E-state index is -0.691. The van der Waals surface area contributed by atoms with Gasteiger partial charge in [0.2, 0.25) is 5.78 Å². The fraction of sp³-hybridized carbons (Fsp3) is 0.167. The summed E-state index contributed by atoms with van der Waals surface area (Å²) in [4.78, 5) is 25.2. The second kappa shape index (κ2) is 10.9. The molecule has 6 nitrogen and oxygen atoms in total. The van der Waals surface area contributed by atoms with Crippen LogP contribution < -0.4 is 14.2 Å². The first-order valence-electron chi connectivity index (χ1n) is 9.51. The molecule has 0 spiro atoms. The SMILES string of the molecule is COc1ccc(C(=O)COC(=O)c2ccccc2OCc2ccc(Cl)cc2Cl)c(OC)c1. The molecule has 3 aromatic rings. The fourth-order valence-electron chi connectivity index (χ4n) is 2.87. The van der Waals surface area contributed by atoms with E-state index >= 15 is 0 Å². The summed E-state index contributed by atoms with van der Waals surface area (Å²) in [5, 5.41) is 0.970. The maximum Gasteiger partial charge on any atom is 0.342 e. The van der Waals surface area contributed by atoms with E-state index in [0.717, 1.165) is 0 Å². The van der Waals surface area contributed by atoms with Crippen molar-refractivity contribution in [2.75, 3.05) is 20.8 Å². The highest BCUT2D eigenvalue weighted by molar-refractivity contribution is 6.35. The van der Waals surface area contributed by atoms with Crippen LogP contribution in [0.3, 0.4) is 0 Å². The number of hydrogen-bond donors (Lipinski definition) is 0. The van der Waals surface area contributed by atoms with Gasteiger partial charge in [-0.1, -0.05) is 41.4 Å². The number of Topliss-reactive ketones (excluding diaryl/α,β-unsaturated/α-hetero) is 1. The summed E-state index contributed by atoms with van der Waals surface area (Å²) in [6.45, 7) is -0.332. The Balaban J connectivity index is 1.67. The van der Waals surface area contributed by atoms with Crippen LogP contribution in [0.1, 0.15) is 26.3 Å². The Bertz CT molecular complexity index is 1130. The second-order valence-electron chi connectivity index (χ2n) is 6.59. The van der Waals surface area contributed by atoms with Crippen LogP contribution in [-0.4, -0.2) is 32.6 Å². The minimum absolute atomic E-state index is 0.127. The van der Waals surface area contributed by atoms with Crippen LogP contribution in [0.2, 0.25) is 10.0 Å². The number of halogens is 2. The van der Waals surface area contributed by atoms with E-state index in [-0.39, 0.29) is 17.7 Å². The third-order valence-electron chi connectivity index (χ3n) is 4.55. The summed E-state index contributed by atoms with van der Waals surface area (Å²) in [7, 11) is 2.95. The molecule has 0 saturated heterocycles. The van der Waals surface area contributed by atoms with Crippen LogP contribution in [-0.2, 0) is 11.3 Å². The zero-order valence-corrected chi connectivity index (χ0v) is 18.9. The molecule has 0 aromatic heterocycles. The van der Waals surface area contributed by atoms with Gasteiger partial charge >= 0.3 is 5.97 Å². The average molecular weight is 475 g/mol. The lowest BCUT2D eigenvalue weighted by atomic mass is 10.1. The molecule has 0 bridgehead atoms. The van der Waals surface area contributed by atoms with Gasteiger partial charge in [0.25, 0.3) is 0 Å². The zero-order chi connectivity index (χ0) is 23.1. The van der Waals surface area contributed by atoms with E-state index in [1.807, 2.05) is 0 Å². The molecule has 166 valence electrons. The molecule has 0 radical (unpaired) electrons. The number of benzene rings is 3. The zero-order valence-electron chi connectivity index (χ0n) is 17.4. The molecular formula is C24H20Cl2O6. The fourth-order valence-corrected chi connectivity index (χ4v) is 3.33. The van der Waals surface area contributed by atoms with E-state index in [4.69, 9.17) is 42.1 Å². The number of methoxy groups -OCH3 is 2. The van der Waals surface area contributed by atoms with Crippen molar-refractivity contribution in [2.45, 2.75) is 6.61 Å². The molecule has 0 unspecified atom stereocenters. The maximum absolute atomic E-state index is 12.6. The Hall–Kier alpha value is -3.22. The molecule has 3 aromatic carbocycles. The van der Waals surface area contributed by atoms with E-state index in [1.165, 1.54) is 14.2 Å². The molecular weight excluding hydrogens is 455 g/mol. The molecule has 0 atom stereocenters. The molecule has 0 fully saturated rings. The smallest absolute Gasteiger partial charge is 0.342 e. The van der Waals surface area contributed by atoms with E-state index < -0.39 is 18.4 Å². The first kappa shape index (κ1) is 23.4. The Morgan fingerprint density at radius 3 is 2.34 bits per heavy atom. The Labute approximate surface area is 195 Å². The van der Waals surface area contributed by atoms with Gasteiger partial charge in [-0.2, -0.15) is 0 Å². The summed E-state index contributed by atoms with van der Waals surface area (Å²) in [6, 6.07) is 16.4. The van der Waals surface area contributed by atoms with Crippen LogP contribution in [0.4, 0.5) is 0 Å². The van der Waals surface area contributed by atoms with Crippen molar-refractivity contribution in [2.24, 2.45) is 0 Å². The van der Waals surface area contributed by atoms with Crippen molar-refractivity contribution in [3.8, 4) is 17.2 Å². The van der Waals surface area contributed by atoms with Gasteiger partial charge in [-0.3, -0.25) is 4.79 Å². The predicted octanol–water partition coefficient (Wildman–Crippen LogP) is 5.63. The van der Waals surface area contributed by atoms with Gasteiger partial charge in [0.05, 0.1) is 19.8 Å². The first-order chi connectivity index (χ1) is 15.4. The molecule has 32 heavy (non-hydrogen) atoms. The van der Waals surface area contributed by atoms with Gasteiger partial charge in [-0.05, 0) is 36.4 Å². The Morgan fingerprint density at radius 2 is 1.62 bits per heavy atom. The van der Waals surface area contributed by atoms with Gasteiger partial charge in [0.15, 0.2) is 6.61 Å². The van der Waals surface area contributed by atoms with Gasteiger partial charge in [-0.15, -0.1) is 0 Å². The molecule has 0 heterocycles. The molecule has 0 aliphatic carbocycles. The van der Waals surface area contributed by atoms with E-state index in [1.54, 1.807) is 60.7 Å². The summed E-state index contributed by atoms with van der Waals surface area (Å²) in [5.41, 5.74) is 1.18. The van der Waals surface area contributed by atoms with E-state index in [0.29, 0.717) is 32.9 Å². The average Bonchev–Trinajstić information content (AvgIpc) is 2.81. The van der Waals surface area contributed by atoms with Crippen LogP contribution >= 0.6 is 23.2 Å². The molecule has 0 N–H and O–H groups in total. The molecule has 0 aliphatic rings. The number of ketones is 1. The topological polar surface area (TPSA) is 71.1 Å². The van der Waals surface area contributed by atoms with Crippen LogP contribution in [0.15, 0.2) is 60.7 Å². The molecule has 0 saturated carbocycles. The van der Waals surface area contributed by atoms with Crippen molar-refractivity contribution in [1.82, 2.24) is 0 Å². The van der Waals surface area contributed by atoms with Crippen molar-refractivity contribution in [3.63, 3.8) is 0 Å². The quantitative estimate of drug-likeness (QED) is 0.295. The maximum atomic E-state index is 12.6. The number of para-hydroxylation sites is 1. The number of hydrogen-bond acceptors (Lipinski definition) is 6. The lowest BCUT2D eigenvalue weighted by Crippen LogP contribution is -2.16. The normalized spacial score (nSPS) is 10.4. The largest absolute Gasteiger partial charge is 0.497 e. The van der Waals surface area contributed by atoms with Gasteiger partial charge < -0.3 is 18.9 Å². The Morgan fingerprint density at radius 1 is 0.844 bits per heavy atom. The van der Waals surface area contributed by atoms with Gasteiger partial charge in [0.1, 0.15) is 29.4 Å². The summed E-state index contributed by atoms with van der Waals surface area (Å²) in [5.74, 6) is 0.0714. The number of carbonyl (C=O) groups is 2. The third kappa shape index (κ3) is 5.72. The molecule has 8 heteroatoms. The number of ether oxygens (including phenoxy) is 4. The van der Waals surface area contributed by atoms with Crippen LogP contribution in [0.25, 0.3) is 0 Å². The first-order valence-corrected chi connectivity index (χ1v) is 10.3. The van der Waals surface area contributed by atoms with Crippen LogP contribution in [0, 0.1) is 0 Å². The number of carbonyl (C=O) groups excluding carboxylic acids is 2. The highest BCUT2D eigenvalue weighted by Crippen LogP contribution is 2.26. The van der Waals surface area contributed by atoms with Crippen molar-refractivity contribution in [1.29, 1.82) is 0 Å². The standard InChI is InChI=1S/C24H20Cl2O6/c1-29-17-9-10-18(23(12-17)30-2)21(27)14-32-24(28)19-5-3-4-6-22(19)31-13-15-7-8-16(25)11-20(15)26/h3-12H,13-14H2,1-2H3. The minimum Gasteiger partial charge on any atom is -0.497 e. The monoisotopic (exact) mass is 474 g/mol. The lowest BCUT2D eigenvalue weighted by molar-refractivity contribution is 0.0469. The highest BCUT2D eigenvalue weighted by atomic mass is 35.5. The lowest BCUT2D eigenvalue weighted by Gasteiger charge is -2.13. The van der Waals surface area contributed by atoms with Gasteiger partial charge in [0, 0.05) is 21.7 Å². The van der Waals surface area contributed by atoms with Crippen LogP contribution in [0.5, 0.6) is 17.2 Å². The molecule has 3 rings (SSSR count). The summed E-state index contributed by atoms with van der Waals surface area (Å²) < 4.78 is 21.4. The van der Waals surface area contributed by atoms with Crippen molar-refractivity contribution < 1.29 is 28.5 Å². The number of rotatable bonds is 9. The summed E-state index contributed by atoms with van der Waals surface area (Å²) >= 11 is 12.1.